The number of nitrogens with one attached hydrogen (secondary N) is 1. The lowest BCUT2D eigenvalue weighted by molar-refractivity contribution is 0.379. The molecule has 0 amide bonds. The Morgan fingerprint density at radius 3 is 2.40 bits per heavy atom. The Kier molecular flexibility index (Phi) is 5.13. The van der Waals surface area contributed by atoms with Gasteiger partial charge < -0.3 is 5.32 Å². The highest BCUT2D eigenvalue weighted by molar-refractivity contribution is 5.86. The van der Waals surface area contributed by atoms with E-state index in [4.69, 9.17) is 0 Å². The van der Waals surface area contributed by atoms with E-state index in [2.05, 4.69) is 26.1 Å². The zero-order chi connectivity index (χ0) is 14.5. The summed E-state index contributed by atoms with van der Waals surface area (Å²) in [5.41, 5.74) is 1.21. The number of hydrogen-bond donors (Lipinski definition) is 1. The van der Waals surface area contributed by atoms with Gasteiger partial charge in [0.2, 0.25) is 0 Å². The average molecular weight is 273 g/mol. The summed E-state index contributed by atoms with van der Waals surface area (Å²) in [6.45, 7) is 7.62. The Hall–Kier alpha value is -1.41. The maximum Gasteiger partial charge on any atom is 0.131 e. The Bertz CT molecular complexity index is 564. The van der Waals surface area contributed by atoms with Crippen LogP contribution in [0.3, 0.4) is 0 Å². The third kappa shape index (κ3) is 3.01. The molecule has 2 unspecified atom stereocenters. The first kappa shape index (κ1) is 15.0. The molecule has 0 fully saturated rings. The zero-order valence-electron chi connectivity index (χ0n) is 12.6. The number of hydrogen-bond acceptors (Lipinski definition) is 1. The summed E-state index contributed by atoms with van der Waals surface area (Å²) in [6.07, 6.45) is 2.21. The zero-order valence-corrected chi connectivity index (χ0v) is 12.6. The Morgan fingerprint density at radius 2 is 1.75 bits per heavy atom. The molecule has 0 aromatic heterocycles. The number of rotatable bonds is 6. The average Bonchev–Trinajstić information content (AvgIpc) is 2.49. The molecule has 0 aliphatic carbocycles. The fraction of sp³-hybridized carbons (Fsp3) is 0.444. The highest BCUT2D eigenvalue weighted by Crippen LogP contribution is 2.31. The fourth-order valence-electron chi connectivity index (χ4n) is 2.71. The van der Waals surface area contributed by atoms with Crippen LogP contribution in [0.5, 0.6) is 0 Å². The topological polar surface area (TPSA) is 12.0 Å². The molecule has 2 rings (SSSR count). The van der Waals surface area contributed by atoms with Crippen LogP contribution in [-0.4, -0.2) is 6.54 Å². The second-order valence-electron chi connectivity index (χ2n) is 5.50. The normalized spacial score (nSPS) is 14.4. The highest BCUT2D eigenvalue weighted by atomic mass is 19.1. The Morgan fingerprint density at radius 1 is 1.05 bits per heavy atom. The predicted molar refractivity (Wildman–Crippen MR) is 84.4 cm³/mol. The van der Waals surface area contributed by atoms with Crippen LogP contribution in [0.4, 0.5) is 4.39 Å². The van der Waals surface area contributed by atoms with Gasteiger partial charge in [0.1, 0.15) is 5.82 Å². The van der Waals surface area contributed by atoms with Gasteiger partial charge in [-0.1, -0.05) is 57.5 Å². The molecule has 0 radical (unpaired) electrons. The van der Waals surface area contributed by atoms with Crippen molar-refractivity contribution in [2.75, 3.05) is 6.54 Å². The molecular weight excluding hydrogens is 249 g/mol. The maximum atomic E-state index is 13.9. The van der Waals surface area contributed by atoms with E-state index >= 15 is 0 Å². The molecular formula is C18H24FN. The van der Waals surface area contributed by atoms with Crippen molar-refractivity contribution in [2.45, 2.75) is 39.7 Å². The molecule has 0 spiro atoms. The molecule has 0 heterocycles. The molecule has 0 aliphatic rings. The molecule has 20 heavy (non-hydrogen) atoms. The van der Waals surface area contributed by atoms with Crippen molar-refractivity contribution >= 4 is 10.8 Å². The molecule has 0 saturated heterocycles. The van der Waals surface area contributed by atoms with E-state index in [1.807, 2.05) is 30.3 Å². The van der Waals surface area contributed by atoms with Crippen LogP contribution in [0.25, 0.3) is 10.8 Å². The number of halogens is 1. The van der Waals surface area contributed by atoms with Gasteiger partial charge in [-0.15, -0.1) is 0 Å². The molecule has 108 valence electrons. The minimum Gasteiger partial charge on any atom is -0.310 e. The first-order chi connectivity index (χ1) is 9.69. The summed E-state index contributed by atoms with van der Waals surface area (Å²) in [5, 5.41) is 5.37. The van der Waals surface area contributed by atoms with Gasteiger partial charge in [0.15, 0.2) is 0 Å². The second-order valence-corrected chi connectivity index (χ2v) is 5.50. The third-order valence-corrected chi connectivity index (χ3v) is 4.07. The van der Waals surface area contributed by atoms with Crippen molar-refractivity contribution in [3.63, 3.8) is 0 Å². The van der Waals surface area contributed by atoms with Gasteiger partial charge in [-0.3, -0.25) is 0 Å². The van der Waals surface area contributed by atoms with Gasteiger partial charge in [-0.05, 0) is 35.9 Å². The number of fused-ring (bicyclic) bond motifs is 1. The van der Waals surface area contributed by atoms with Crippen molar-refractivity contribution in [3.8, 4) is 0 Å². The van der Waals surface area contributed by atoms with Gasteiger partial charge in [0.25, 0.3) is 0 Å². The smallest absolute Gasteiger partial charge is 0.131 e. The number of benzene rings is 2. The molecule has 0 aliphatic heterocycles. The molecule has 1 N–H and O–H groups in total. The largest absolute Gasteiger partial charge is 0.310 e. The lowest BCUT2D eigenvalue weighted by Crippen LogP contribution is -2.27. The third-order valence-electron chi connectivity index (χ3n) is 4.07. The minimum absolute atomic E-state index is 0.136. The fourth-order valence-corrected chi connectivity index (χ4v) is 2.71. The molecule has 1 nitrogen and oxygen atoms in total. The Labute approximate surface area is 121 Å². The Balaban J connectivity index is 2.50. The van der Waals surface area contributed by atoms with Crippen LogP contribution in [0, 0.1) is 11.7 Å². The summed E-state index contributed by atoms with van der Waals surface area (Å²) in [5.74, 6) is 0.387. The summed E-state index contributed by atoms with van der Waals surface area (Å²) >= 11 is 0. The quantitative estimate of drug-likeness (QED) is 0.775. The van der Waals surface area contributed by atoms with Crippen molar-refractivity contribution in [1.29, 1.82) is 0 Å². The van der Waals surface area contributed by atoms with Crippen molar-refractivity contribution in [1.82, 2.24) is 5.32 Å². The van der Waals surface area contributed by atoms with Crippen LogP contribution in [-0.2, 0) is 0 Å². The molecule has 0 saturated carbocycles. The van der Waals surface area contributed by atoms with E-state index in [-0.39, 0.29) is 11.9 Å². The van der Waals surface area contributed by atoms with E-state index in [0.29, 0.717) is 5.92 Å². The van der Waals surface area contributed by atoms with Gasteiger partial charge >= 0.3 is 0 Å². The first-order valence-electron chi connectivity index (χ1n) is 7.59. The predicted octanol–water partition coefficient (Wildman–Crippen LogP) is 5.07. The molecule has 0 bridgehead atoms. The van der Waals surface area contributed by atoms with Crippen molar-refractivity contribution in [3.05, 3.63) is 47.8 Å². The molecule has 2 aromatic rings. The molecule has 2 aromatic carbocycles. The summed E-state index contributed by atoms with van der Waals surface area (Å²) < 4.78 is 13.9. The van der Waals surface area contributed by atoms with Crippen LogP contribution in [0.1, 0.15) is 45.2 Å². The lowest BCUT2D eigenvalue weighted by Gasteiger charge is -2.26. The van der Waals surface area contributed by atoms with E-state index in [1.165, 1.54) is 5.56 Å². The lowest BCUT2D eigenvalue weighted by atomic mass is 9.89. The first-order valence-corrected chi connectivity index (χ1v) is 7.59. The van der Waals surface area contributed by atoms with Gasteiger partial charge in [0.05, 0.1) is 0 Å². The van der Waals surface area contributed by atoms with Crippen LogP contribution in [0.2, 0.25) is 0 Å². The van der Waals surface area contributed by atoms with Gasteiger partial charge in [-0.2, -0.15) is 0 Å². The van der Waals surface area contributed by atoms with Crippen LogP contribution in [0.15, 0.2) is 36.4 Å². The highest BCUT2D eigenvalue weighted by Gasteiger charge is 2.20. The molecule has 2 heteroatoms. The van der Waals surface area contributed by atoms with E-state index in [1.54, 1.807) is 6.07 Å². The van der Waals surface area contributed by atoms with E-state index in [0.717, 1.165) is 30.2 Å². The van der Waals surface area contributed by atoms with Crippen molar-refractivity contribution in [2.24, 2.45) is 5.92 Å². The van der Waals surface area contributed by atoms with E-state index in [9.17, 15) is 4.39 Å². The summed E-state index contributed by atoms with van der Waals surface area (Å²) in [4.78, 5) is 0. The van der Waals surface area contributed by atoms with Crippen LogP contribution < -0.4 is 5.32 Å². The van der Waals surface area contributed by atoms with Crippen LogP contribution >= 0.6 is 0 Å². The minimum atomic E-state index is -0.136. The SMILES string of the molecule is CCCNC(c1ccc(F)c2ccccc12)C(C)CC. The van der Waals surface area contributed by atoms with E-state index < -0.39 is 0 Å². The standard InChI is InChI=1S/C18H24FN/c1-4-12-20-18(13(3)5-2)16-10-11-17(19)15-9-7-6-8-14(15)16/h6-11,13,18,20H,4-5,12H2,1-3H3. The second kappa shape index (κ2) is 6.85. The molecule has 2 atom stereocenters. The maximum absolute atomic E-state index is 13.9. The van der Waals surface area contributed by atoms with Crippen molar-refractivity contribution < 1.29 is 4.39 Å². The summed E-state index contributed by atoms with van der Waals surface area (Å²) in [7, 11) is 0. The van der Waals surface area contributed by atoms with Gasteiger partial charge in [-0.25, -0.2) is 4.39 Å². The monoisotopic (exact) mass is 273 g/mol. The summed E-state index contributed by atoms with van der Waals surface area (Å²) in [6, 6.07) is 11.6. The van der Waals surface area contributed by atoms with Gasteiger partial charge in [0, 0.05) is 11.4 Å².